The molecule has 0 amide bonds. The minimum Gasteiger partial charge on any atom is -0.306 e. The zero-order valence-corrected chi connectivity index (χ0v) is 11.5. The molecular formula is C15H8N4O4. The number of nitrogens with zero attached hydrogens (tertiary/aromatic N) is 3. The van der Waals surface area contributed by atoms with E-state index in [-0.39, 0.29) is 22.8 Å². The highest BCUT2D eigenvalue weighted by Gasteiger charge is 2.14. The summed E-state index contributed by atoms with van der Waals surface area (Å²) in [5.74, 6) is 0.164. The first-order valence-corrected chi connectivity index (χ1v) is 6.46. The van der Waals surface area contributed by atoms with Crippen molar-refractivity contribution in [1.29, 1.82) is 0 Å². The number of fused-ring (bicyclic) bond motifs is 1. The van der Waals surface area contributed by atoms with Crippen LogP contribution in [0.3, 0.4) is 0 Å². The Labute approximate surface area is 128 Å². The van der Waals surface area contributed by atoms with Crippen molar-refractivity contribution >= 4 is 28.4 Å². The molecule has 2 aromatic carbocycles. The fraction of sp³-hybridized carbons (Fsp3) is 0. The van der Waals surface area contributed by atoms with Crippen LogP contribution >= 0.6 is 0 Å². The number of non-ortho nitro benzene ring substituents is 1. The number of benzene rings is 2. The second-order valence-corrected chi connectivity index (χ2v) is 4.59. The van der Waals surface area contributed by atoms with E-state index in [0.29, 0.717) is 16.5 Å². The highest BCUT2D eigenvalue weighted by molar-refractivity contribution is 5.82. The molecule has 1 heterocycles. The molecule has 0 saturated heterocycles. The summed E-state index contributed by atoms with van der Waals surface area (Å²) in [7, 11) is 0. The number of hydrogen-bond donors (Lipinski definition) is 1. The van der Waals surface area contributed by atoms with Crippen LogP contribution in [0.4, 0.5) is 11.4 Å². The quantitative estimate of drug-likeness (QED) is 0.345. The Morgan fingerprint density at radius 1 is 1.22 bits per heavy atom. The van der Waals surface area contributed by atoms with Crippen molar-refractivity contribution in [3.63, 3.8) is 0 Å². The lowest BCUT2D eigenvalue weighted by Crippen LogP contribution is -2.09. The standard InChI is InChI=1S/C15H8N4O4/c20-8-16-13-7-9(19(22)23)5-6-10(13)14-17-12-4-2-1-3-11(12)15(21)18-14/h1-7H,(H,17,18,21). The van der Waals surface area contributed by atoms with E-state index in [1.54, 1.807) is 24.3 Å². The van der Waals surface area contributed by atoms with Crippen LogP contribution in [-0.4, -0.2) is 21.0 Å². The molecule has 0 unspecified atom stereocenters. The van der Waals surface area contributed by atoms with Crippen molar-refractivity contribution in [1.82, 2.24) is 9.97 Å². The molecule has 0 aliphatic carbocycles. The first-order chi connectivity index (χ1) is 11.1. The largest absolute Gasteiger partial charge is 0.306 e. The van der Waals surface area contributed by atoms with Crippen molar-refractivity contribution < 1.29 is 9.72 Å². The van der Waals surface area contributed by atoms with Crippen LogP contribution in [0, 0.1) is 10.1 Å². The smallest absolute Gasteiger partial charge is 0.271 e. The van der Waals surface area contributed by atoms with Crippen molar-refractivity contribution in [2.75, 3.05) is 0 Å². The SMILES string of the molecule is O=C=Nc1cc([N+](=O)[O-])ccc1-c1nc2ccccc2c(=O)[nH]1. The van der Waals surface area contributed by atoms with E-state index in [0.717, 1.165) is 6.07 Å². The van der Waals surface area contributed by atoms with Crippen LogP contribution in [-0.2, 0) is 4.79 Å². The molecule has 0 spiro atoms. The van der Waals surface area contributed by atoms with Gasteiger partial charge in [-0.05, 0) is 18.2 Å². The predicted molar refractivity (Wildman–Crippen MR) is 82.2 cm³/mol. The lowest BCUT2D eigenvalue weighted by molar-refractivity contribution is -0.384. The maximum absolute atomic E-state index is 12.1. The molecule has 8 nitrogen and oxygen atoms in total. The van der Waals surface area contributed by atoms with Gasteiger partial charge in [0.15, 0.2) is 0 Å². The number of nitro benzene ring substituents is 1. The molecular weight excluding hydrogens is 300 g/mol. The maximum atomic E-state index is 12.1. The van der Waals surface area contributed by atoms with E-state index >= 15 is 0 Å². The Bertz CT molecular complexity index is 1040. The molecule has 0 radical (unpaired) electrons. The number of H-pyrrole nitrogens is 1. The summed E-state index contributed by atoms with van der Waals surface area (Å²) in [4.78, 5) is 43.2. The summed E-state index contributed by atoms with van der Waals surface area (Å²) in [6.45, 7) is 0. The van der Waals surface area contributed by atoms with Gasteiger partial charge in [0, 0.05) is 17.7 Å². The number of aromatic nitrogens is 2. The fourth-order valence-electron chi connectivity index (χ4n) is 2.19. The van der Waals surface area contributed by atoms with Crippen LogP contribution in [0.1, 0.15) is 0 Å². The van der Waals surface area contributed by atoms with Gasteiger partial charge >= 0.3 is 0 Å². The van der Waals surface area contributed by atoms with E-state index < -0.39 is 4.92 Å². The molecule has 3 rings (SSSR count). The second kappa shape index (κ2) is 5.63. The van der Waals surface area contributed by atoms with E-state index in [1.165, 1.54) is 18.2 Å². The molecule has 3 aromatic rings. The molecule has 112 valence electrons. The summed E-state index contributed by atoms with van der Waals surface area (Å²) >= 11 is 0. The van der Waals surface area contributed by atoms with Crippen molar-refractivity contribution in [2.45, 2.75) is 0 Å². The lowest BCUT2D eigenvalue weighted by atomic mass is 10.1. The normalized spacial score (nSPS) is 10.3. The summed E-state index contributed by atoms with van der Waals surface area (Å²) < 4.78 is 0. The Morgan fingerprint density at radius 2 is 2.00 bits per heavy atom. The number of carbonyl (C=O) groups excluding carboxylic acids is 1. The third-order valence-electron chi connectivity index (χ3n) is 3.23. The van der Waals surface area contributed by atoms with E-state index in [9.17, 15) is 19.7 Å². The van der Waals surface area contributed by atoms with Gasteiger partial charge in [-0.2, -0.15) is 4.99 Å². The molecule has 1 N–H and O–H groups in total. The number of isocyanates is 1. The topological polar surface area (TPSA) is 118 Å². The predicted octanol–water partition coefficient (Wildman–Crippen LogP) is 2.47. The van der Waals surface area contributed by atoms with Crippen LogP contribution < -0.4 is 5.56 Å². The molecule has 0 aliphatic heterocycles. The van der Waals surface area contributed by atoms with Crippen LogP contribution in [0.15, 0.2) is 52.3 Å². The number of nitrogens with one attached hydrogen (secondary N) is 1. The number of para-hydroxylation sites is 1. The molecule has 23 heavy (non-hydrogen) atoms. The van der Waals surface area contributed by atoms with Crippen LogP contribution in [0.2, 0.25) is 0 Å². The summed E-state index contributed by atoms with van der Waals surface area (Å²) in [6, 6.07) is 10.5. The molecule has 0 fully saturated rings. The monoisotopic (exact) mass is 308 g/mol. The number of aromatic amines is 1. The van der Waals surface area contributed by atoms with Gasteiger partial charge in [0.25, 0.3) is 11.2 Å². The first kappa shape index (κ1) is 14.3. The van der Waals surface area contributed by atoms with Crippen molar-refractivity contribution in [3.8, 4) is 11.4 Å². The third-order valence-corrected chi connectivity index (χ3v) is 3.23. The second-order valence-electron chi connectivity index (χ2n) is 4.59. The summed E-state index contributed by atoms with van der Waals surface area (Å²) in [6.07, 6.45) is 1.34. The number of hydrogen-bond acceptors (Lipinski definition) is 6. The van der Waals surface area contributed by atoms with Gasteiger partial charge in [-0.15, -0.1) is 0 Å². The average molecular weight is 308 g/mol. The van der Waals surface area contributed by atoms with Gasteiger partial charge < -0.3 is 4.98 Å². The Kier molecular flexibility index (Phi) is 3.50. The van der Waals surface area contributed by atoms with Gasteiger partial charge in [0.1, 0.15) is 5.82 Å². The number of aliphatic imine (C=N–C) groups is 1. The third kappa shape index (κ3) is 2.61. The highest BCUT2D eigenvalue weighted by atomic mass is 16.6. The minimum atomic E-state index is -0.607. The van der Waals surface area contributed by atoms with Gasteiger partial charge in [0.05, 0.1) is 21.5 Å². The summed E-state index contributed by atoms with van der Waals surface area (Å²) in [5.41, 5.74) is 0.177. The summed E-state index contributed by atoms with van der Waals surface area (Å²) in [5, 5.41) is 11.2. The molecule has 1 aromatic heterocycles. The van der Waals surface area contributed by atoms with Crippen molar-refractivity contribution in [3.05, 3.63) is 62.9 Å². The maximum Gasteiger partial charge on any atom is 0.271 e. The van der Waals surface area contributed by atoms with Crippen LogP contribution in [0.25, 0.3) is 22.3 Å². The Morgan fingerprint density at radius 3 is 2.74 bits per heavy atom. The van der Waals surface area contributed by atoms with E-state index in [1.807, 2.05) is 0 Å². The first-order valence-electron chi connectivity index (χ1n) is 6.46. The molecule has 8 heteroatoms. The average Bonchev–Trinajstić information content (AvgIpc) is 2.55. The number of nitro groups is 1. The van der Waals surface area contributed by atoms with Gasteiger partial charge in [0.2, 0.25) is 6.08 Å². The van der Waals surface area contributed by atoms with E-state index in [2.05, 4.69) is 15.0 Å². The van der Waals surface area contributed by atoms with E-state index in [4.69, 9.17) is 0 Å². The van der Waals surface area contributed by atoms with Gasteiger partial charge in [-0.1, -0.05) is 12.1 Å². The molecule has 0 aliphatic rings. The Balaban J connectivity index is 2.28. The molecule has 0 atom stereocenters. The lowest BCUT2D eigenvalue weighted by Gasteiger charge is -2.05. The molecule has 0 bridgehead atoms. The Hall–Kier alpha value is -3.64. The minimum absolute atomic E-state index is 0.00707. The zero-order valence-electron chi connectivity index (χ0n) is 11.5. The van der Waals surface area contributed by atoms with Gasteiger partial charge in [-0.3, -0.25) is 14.9 Å². The highest BCUT2D eigenvalue weighted by Crippen LogP contribution is 2.31. The zero-order chi connectivity index (χ0) is 16.4. The fourth-order valence-corrected chi connectivity index (χ4v) is 2.19. The molecule has 0 saturated carbocycles. The number of rotatable bonds is 3. The van der Waals surface area contributed by atoms with Gasteiger partial charge in [-0.25, -0.2) is 9.78 Å². The van der Waals surface area contributed by atoms with Crippen LogP contribution in [0.5, 0.6) is 0 Å². The van der Waals surface area contributed by atoms with Crippen molar-refractivity contribution in [2.24, 2.45) is 4.99 Å².